The second-order valence-electron chi connectivity index (χ2n) is 4.81. The summed E-state index contributed by atoms with van der Waals surface area (Å²) in [7, 11) is 0. The molecule has 2 rings (SSSR count). The zero-order chi connectivity index (χ0) is 12.3. The highest BCUT2D eigenvalue weighted by atomic mass is 35.5. The predicted octanol–water partition coefficient (Wildman–Crippen LogP) is 3.09. The summed E-state index contributed by atoms with van der Waals surface area (Å²) in [6.45, 7) is 3.73. The summed E-state index contributed by atoms with van der Waals surface area (Å²) in [6, 6.07) is 7.24. The lowest BCUT2D eigenvalue weighted by Crippen LogP contribution is -2.46. The molecule has 0 aliphatic carbocycles. The number of halogens is 2. The van der Waals surface area contributed by atoms with E-state index in [2.05, 4.69) is 10.6 Å². The SMILES string of the molecule is CC1(C(=O)Nc2cccc(Cl)c2)CCCNC1.Cl. The van der Waals surface area contributed by atoms with Gasteiger partial charge in [-0.1, -0.05) is 17.7 Å². The fraction of sp³-hybridized carbons (Fsp3) is 0.462. The number of hydrogen-bond donors (Lipinski definition) is 2. The minimum absolute atomic E-state index is 0. The molecule has 0 bridgehead atoms. The van der Waals surface area contributed by atoms with Crippen LogP contribution in [0.15, 0.2) is 24.3 Å². The molecule has 0 aromatic heterocycles. The van der Waals surface area contributed by atoms with Gasteiger partial charge in [-0.3, -0.25) is 4.79 Å². The number of hydrogen-bond acceptors (Lipinski definition) is 2. The van der Waals surface area contributed by atoms with E-state index in [-0.39, 0.29) is 23.7 Å². The van der Waals surface area contributed by atoms with Crippen LogP contribution in [0.4, 0.5) is 5.69 Å². The first kappa shape index (κ1) is 15.3. The molecule has 1 aliphatic rings. The number of nitrogens with one attached hydrogen (secondary N) is 2. The molecule has 1 aromatic carbocycles. The van der Waals surface area contributed by atoms with E-state index in [1.807, 2.05) is 19.1 Å². The normalized spacial score (nSPS) is 23.0. The Labute approximate surface area is 119 Å². The summed E-state index contributed by atoms with van der Waals surface area (Å²) in [4.78, 5) is 12.2. The third-order valence-electron chi connectivity index (χ3n) is 3.23. The minimum atomic E-state index is -0.319. The van der Waals surface area contributed by atoms with Gasteiger partial charge in [0.25, 0.3) is 0 Å². The van der Waals surface area contributed by atoms with E-state index in [0.29, 0.717) is 5.02 Å². The minimum Gasteiger partial charge on any atom is -0.326 e. The van der Waals surface area contributed by atoms with Crippen molar-refractivity contribution in [3.8, 4) is 0 Å². The van der Waals surface area contributed by atoms with Crippen molar-refractivity contribution in [3.63, 3.8) is 0 Å². The van der Waals surface area contributed by atoms with Crippen LogP contribution in [0.2, 0.25) is 5.02 Å². The lowest BCUT2D eigenvalue weighted by Gasteiger charge is -2.32. The van der Waals surface area contributed by atoms with Crippen LogP contribution in [-0.4, -0.2) is 19.0 Å². The molecule has 18 heavy (non-hydrogen) atoms. The van der Waals surface area contributed by atoms with Gasteiger partial charge in [0.05, 0.1) is 5.41 Å². The third kappa shape index (κ3) is 3.61. The molecule has 1 fully saturated rings. The maximum Gasteiger partial charge on any atom is 0.231 e. The van der Waals surface area contributed by atoms with Crippen molar-refractivity contribution in [2.75, 3.05) is 18.4 Å². The fourth-order valence-corrected chi connectivity index (χ4v) is 2.29. The maximum absolute atomic E-state index is 12.2. The monoisotopic (exact) mass is 288 g/mol. The van der Waals surface area contributed by atoms with Crippen molar-refractivity contribution in [1.82, 2.24) is 5.32 Å². The van der Waals surface area contributed by atoms with Gasteiger partial charge in [-0.15, -0.1) is 12.4 Å². The zero-order valence-electron chi connectivity index (χ0n) is 10.3. The zero-order valence-corrected chi connectivity index (χ0v) is 11.9. The van der Waals surface area contributed by atoms with E-state index in [1.54, 1.807) is 12.1 Å². The maximum atomic E-state index is 12.2. The summed E-state index contributed by atoms with van der Waals surface area (Å²) in [6.07, 6.45) is 1.96. The van der Waals surface area contributed by atoms with Crippen molar-refractivity contribution in [3.05, 3.63) is 29.3 Å². The highest BCUT2D eigenvalue weighted by Crippen LogP contribution is 2.27. The van der Waals surface area contributed by atoms with Crippen molar-refractivity contribution >= 4 is 35.6 Å². The summed E-state index contributed by atoms with van der Waals surface area (Å²) in [5.41, 5.74) is 0.440. The number of carbonyl (C=O) groups is 1. The molecular weight excluding hydrogens is 271 g/mol. The second-order valence-corrected chi connectivity index (χ2v) is 5.24. The Morgan fingerprint density at radius 1 is 1.50 bits per heavy atom. The molecule has 1 atom stereocenters. The van der Waals surface area contributed by atoms with Crippen LogP contribution in [-0.2, 0) is 4.79 Å². The van der Waals surface area contributed by atoms with Crippen LogP contribution in [0.1, 0.15) is 19.8 Å². The van der Waals surface area contributed by atoms with E-state index < -0.39 is 0 Å². The van der Waals surface area contributed by atoms with Crippen LogP contribution in [0.3, 0.4) is 0 Å². The molecule has 1 amide bonds. The third-order valence-corrected chi connectivity index (χ3v) is 3.46. The molecular formula is C13H18Cl2N2O. The Hall–Kier alpha value is -0.770. The molecule has 1 aromatic rings. The molecule has 2 N–H and O–H groups in total. The number of carbonyl (C=O) groups excluding carboxylic acids is 1. The van der Waals surface area contributed by atoms with Crippen LogP contribution in [0.5, 0.6) is 0 Å². The van der Waals surface area contributed by atoms with Crippen molar-refractivity contribution in [2.45, 2.75) is 19.8 Å². The van der Waals surface area contributed by atoms with Gasteiger partial charge in [0, 0.05) is 17.3 Å². The summed E-state index contributed by atoms with van der Waals surface area (Å²) in [5, 5.41) is 6.83. The number of piperidine rings is 1. The second kappa shape index (κ2) is 6.41. The van der Waals surface area contributed by atoms with E-state index in [9.17, 15) is 4.79 Å². The molecule has 1 saturated heterocycles. The summed E-state index contributed by atoms with van der Waals surface area (Å²) >= 11 is 5.89. The van der Waals surface area contributed by atoms with Crippen LogP contribution in [0, 0.1) is 5.41 Å². The Morgan fingerprint density at radius 3 is 2.89 bits per heavy atom. The molecule has 0 radical (unpaired) electrons. The molecule has 0 saturated carbocycles. The Morgan fingerprint density at radius 2 is 2.28 bits per heavy atom. The van der Waals surface area contributed by atoms with Gasteiger partial charge in [0.1, 0.15) is 0 Å². The lowest BCUT2D eigenvalue weighted by molar-refractivity contribution is -0.125. The molecule has 100 valence electrons. The average molecular weight is 289 g/mol. The molecule has 3 nitrogen and oxygen atoms in total. The number of anilines is 1. The Balaban J connectivity index is 0.00000162. The molecule has 5 heteroatoms. The van der Waals surface area contributed by atoms with Gasteiger partial charge in [0.15, 0.2) is 0 Å². The molecule has 1 aliphatic heterocycles. The highest BCUT2D eigenvalue weighted by molar-refractivity contribution is 6.30. The van der Waals surface area contributed by atoms with Crippen LogP contribution >= 0.6 is 24.0 Å². The summed E-state index contributed by atoms with van der Waals surface area (Å²) < 4.78 is 0. The standard InChI is InChI=1S/C13H17ClN2O.ClH/c1-13(6-3-7-15-9-13)12(17)16-11-5-2-4-10(14)8-11;/h2,4-5,8,15H,3,6-7,9H2,1H3,(H,16,17);1H. The molecule has 1 heterocycles. The van der Waals surface area contributed by atoms with Gasteiger partial charge < -0.3 is 10.6 Å². The van der Waals surface area contributed by atoms with E-state index in [0.717, 1.165) is 31.6 Å². The van der Waals surface area contributed by atoms with Crippen molar-refractivity contribution < 1.29 is 4.79 Å². The Bertz CT molecular complexity index is 417. The topological polar surface area (TPSA) is 41.1 Å². The van der Waals surface area contributed by atoms with Crippen LogP contribution in [0.25, 0.3) is 0 Å². The first-order valence-electron chi connectivity index (χ1n) is 5.88. The fourth-order valence-electron chi connectivity index (χ4n) is 2.10. The first-order chi connectivity index (χ1) is 8.10. The molecule has 0 spiro atoms. The van der Waals surface area contributed by atoms with Gasteiger partial charge in [-0.05, 0) is 44.5 Å². The number of amides is 1. The smallest absolute Gasteiger partial charge is 0.231 e. The predicted molar refractivity (Wildman–Crippen MR) is 77.5 cm³/mol. The van der Waals surface area contributed by atoms with E-state index in [4.69, 9.17) is 11.6 Å². The van der Waals surface area contributed by atoms with Gasteiger partial charge in [0.2, 0.25) is 5.91 Å². The molecule has 1 unspecified atom stereocenters. The Kier molecular flexibility index (Phi) is 5.45. The first-order valence-corrected chi connectivity index (χ1v) is 6.26. The average Bonchev–Trinajstić information content (AvgIpc) is 2.30. The van der Waals surface area contributed by atoms with E-state index in [1.165, 1.54) is 0 Å². The van der Waals surface area contributed by atoms with Crippen molar-refractivity contribution in [1.29, 1.82) is 0 Å². The van der Waals surface area contributed by atoms with Crippen molar-refractivity contribution in [2.24, 2.45) is 5.41 Å². The summed E-state index contributed by atoms with van der Waals surface area (Å²) in [5.74, 6) is 0.0620. The quantitative estimate of drug-likeness (QED) is 0.878. The number of rotatable bonds is 2. The lowest BCUT2D eigenvalue weighted by atomic mass is 9.82. The largest absolute Gasteiger partial charge is 0.326 e. The van der Waals surface area contributed by atoms with Gasteiger partial charge in [-0.25, -0.2) is 0 Å². The van der Waals surface area contributed by atoms with E-state index >= 15 is 0 Å². The van der Waals surface area contributed by atoms with Gasteiger partial charge in [-0.2, -0.15) is 0 Å². The highest BCUT2D eigenvalue weighted by Gasteiger charge is 2.34. The van der Waals surface area contributed by atoms with Gasteiger partial charge >= 0.3 is 0 Å². The number of benzene rings is 1. The van der Waals surface area contributed by atoms with Crippen LogP contribution < -0.4 is 10.6 Å².